The molecule has 0 bridgehead atoms. The first-order chi connectivity index (χ1) is 10.2. The molecule has 0 spiro atoms. The van der Waals surface area contributed by atoms with Gasteiger partial charge in [-0.25, -0.2) is 4.98 Å². The van der Waals surface area contributed by atoms with Crippen molar-refractivity contribution in [2.45, 2.75) is 12.5 Å². The molecule has 1 aliphatic rings. The van der Waals surface area contributed by atoms with E-state index in [2.05, 4.69) is 21.9 Å². The minimum absolute atomic E-state index is 0.00922. The van der Waals surface area contributed by atoms with E-state index in [1.807, 2.05) is 41.4 Å². The first-order valence-electron chi connectivity index (χ1n) is 7.25. The molecular weight excluding hydrogens is 264 g/mol. The van der Waals surface area contributed by atoms with Crippen LogP contribution in [-0.2, 0) is 11.2 Å². The molecule has 110 valence electrons. The molecule has 3 rings (SSSR count). The molecule has 0 aliphatic carbocycles. The van der Waals surface area contributed by atoms with Crippen LogP contribution >= 0.6 is 0 Å². The van der Waals surface area contributed by atoms with Gasteiger partial charge >= 0.3 is 0 Å². The van der Waals surface area contributed by atoms with Crippen molar-refractivity contribution in [3.05, 3.63) is 54.1 Å². The second-order valence-corrected chi connectivity index (χ2v) is 5.50. The van der Waals surface area contributed by atoms with Crippen LogP contribution in [0.1, 0.15) is 17.4 Å². The van der Waals surface area contributed by atoms with E-state index in [9.17, 15) is 4.79 Å². The average molecular weight is 284 g/mol. The fourth-order valence-electron chi connectivity index (χ4n) is 2.78. The van der Waals surface area contributed by atoms with Crippen molar-refractivity contribution >= 4 is 5.91 Å². The number of imidazole rings is 1. The largest absolute Gasteiger partial charge is 0.347 e. The zero-order chi connectivity index (χ0) is 14.7. The highest BCUT2D eigenvalue weighted by Gasteiger charge is 2.31. The molecule has 2 heterocycles. The molecule has 1 saturated heterocycles. The lowest BCUT2D eigenvalue weighted by molar-refractivity contribution is -0.135. The van der Waals surface area contributed by atoms with Crippen molar-refractivity contribution in [3.8, 4) is 0 Å². The van der Waals surface area contributed by atoms with E-state index in [4.69, 9.17) is 0 Å². The van der Waals surface area contributed by atoms with Crippen molar-refractivity contribution in [3.63, 3.8) is 0 Å². The number of amides is 1. The maximum absolute atomic E-state index is 12.6. The van der Waals surface area contributed by atoms with Gasteiger partial charge in [-0.2, -0.15) is 0 Å². The van der Waals surface area contributed by atoms with Gasteiger partial charge in [0.25, 0.3) is 0 Å². The number of nitrogens with zero attached hydrogens (tertiary/aromatic N) is 3. The molecule has 0 radical (unpaired) electrons. The molecule has 2 aromatic rings. The number of piperazine rings is 1. The number of hydrogen-bond acceptors (Lipinski definition) is 3. The standard InChI is InChI=1S/C16H20N4O/c1-19-9-10-20(14(12-19)16-17-7-8-18-16)15(21)11-13-5-3-2-4-6-13/h2-8,14H,9-12H2,1H3,(H,17,18). The normalized spacial score (nSPS) is 19.7. The maximum Gasteiger partial charge on any atom is 0.227 e. The summed E-state index contributed by atoms with van der Waals surface area (Å²) in [5.74, 6) is 1.03. The van der Waals surface area contributed by atoms with E-state index in [0.717, 1.165) is 31.0 Å². The van der Waals surface area contributed by atoms with Crippen LogP contribution in [0.15, 0.2) is 42.7 Å². The third-order valence-corrected chi connectivity index (χ3v) is 3.94. The van der Waals surface area contributed by atoms with Gasteiger partial charge in [0.1, 0.15) is 11.9 Å². The lowest BCUT2D eigenvalue weighted by Gasteiger charge is -2.39. The van der Waals surface area contributed by atoms with Crippen molar-refractivity contribution in [1.29, 1.82) is 0 Å². The number of H-pyrrole nitrogens is 1. The molecule has 1 aromatic heterocycles. The Morgan fingerprint density at radius 1 is 1.33 bits per heavy atom. The molecule has 1 N–H and O–H groups in total. The molecule has 5 heteroatoms. The van der Waals surface area contributed by atoms with Gasteiger partial charge in [-0.15, -0.1) is 0 Å². The third kappa shape index (κ3) is 3.13. The van der Waals surface area contributed by atoms with Gasteiger partial charge in [-0.05, 0) is 12.6 Å². The second kappa shape index (κ2) is 6.10. The number of hydrogen-bond donors (Lipinski definition) is 1. The van der Waals surface area contributed by atoms with Crippen molar-refractivity contribution < 1.29 is 4.79 Å². The predicted octanol–water partition coefficient (Wildman–Crippen LogP) is 1.47. The Hall–Kier alpha value is -2.14. The van der Waals surface area contributed by atoms with Gasteiger partial charge in [0, 0.05) is 32.0 Å². The summed E-state index contributed by atoms with van der Waals surface area (Å²) in [5, 5.41) is 0. The molecule has 5 nitrogen and oxygen atoms in total. The first-order valence-corrected chi connectivity index (χ1v) is 7.25. The quantitative estimate of drug-likeness (QED) is 0.928. The van der Waals surface area contributed by atoms with Gasteiger partial charge in [0.2, 0.25) is 5.91 Å². The molecule has 0 saturated carbocycles. The number of likely N-dealkylation sites (N-methyl/N-ethyl adjacent to an activating group) is 1. The van der Waals surface area contributed by atoms with Crippen molar-refractivity contribution in [2.24, 2.45) is 0 Å². The van der Waals surface area contributed by atoms with Gasteiger partial charge in [-0.1, -0.05) is 30.3 Å². The van der Waals surface area contributed by atoms with Gasteiger partial charge < -0.3 is 14.8 Å². The Morgan fingerprint density at radius 2 is 2.14 bits per heavy atom. The Labute approximate surface area is 124 Å². The van der Waals surface area contributed by atoms with Crippen LogP contribution in [0.4, 0.5) is 0 Å². The number of nitrogens with one attached hydrogen (secondary N) is 1. The van der Waals surface area contributed by atoms with Crippen LogP contribution in [0, 0.1) is 0 Å². The second-order valence-electron chi connectivity index (χ2n) is 5.50. The van der Waals surface area contributed by atoms with E-state index in [1.54, 1.807) is 6.20 Å². The minimum atomic E-state index is 0.00922. The molecule has 1 fully saturated rings. The Balaban J connectivity index is 1.76. The third-order valence-electron chi connectivity index (χ3n) is 3.94. The highest BCUT2D eigenvalue weighted by Crippen LogP contribution is 2.23. The van der Waals surface area contributed by atoms with Crippen LogP contribution in [0.3, 0.4) is 0 Å². The SMILES string of the molecule is CN1CCN(C(=O)Cc2ccccc2)C(c2ncc[nH]2)C1. The Bertz CT molecular complexity index is 582. The summed E-state index contributed by atoms with van der Waals surface area (Å²) in [5.41, 5.74) is 1.06. The zero-order valence-electron chi connectivity index (χ0n) is 12.2. The van der Waals surface area contributed by atoms with Crippen LogP contribution in [0.25, 0.3) is 0 Å². The molecule has 1 atom stereocenters. The molecule has 1 aliphatic heterocycles. The molecule has 1 unspecified atom stereocenters. The first kappa shape index (κ1) is 13.8. The summed E-state index contributed by atoms with van der Waals surface area (Å²) < 4.78 is 0. The van der Waals surface area contributed by atoms with E-state index in [1.165, 1.54) is 0 Å². The van der Waals surface area contributed by atoms with Gasteiger partial charge in [-0.3, -0.25) is 4.79 Å². The summed E-state index contributed by atoms with van der Waals surface area (Å²) in [6.07, 6.45) is 4.00. The zero-order valence-corrected chi connectivity index (χ0v) is 12.2. The summed E-state index contributed by atoms with van der Waals surface area (Å²) >= 11 is 0. The summed E-state index contributed by atoms with van der Waals surface area (Å²) in [6, 6.07) is 9.91. The van der Waals surface area contributed by atoms with E-state index < -0.39 is 0 Å². The number of carbonyl (C=O) groups is 1. The van der Waals surface area contributed by atoms with Crippen LogP contribution in [-0.4, -0.2) is 52.4 Å². The van der Waals surface area contributed by atoms with Gasteiger partial charge in [0.15, 0.2) is 0 Å². The summed E-state index contributed by atoms with van der Waals surface area (Å²) in [7, 11) is 2.08. The highest BCUT2D eigenvalue weighted by atomic mass is 16.2. The maximum atomic E-state index is 12.6. The van der Waals surface area contributed by atoms with Crippen molar-refractivity contribution in [1.82, 2.24) is 19.8 Å². The summed E-state index contributed by atoms with van der Waals surface area (Å²) in [6.45, 7) is 2.46. The number of rotatable bonds is 3. The molecular formula is C16H20N4O. The number of carbonyl (C=O) groups excluding carboxylic acids is 1. The van der Waals surface area contributed by atoms with E-state index in [-0.39, 0.29) is 11.9 Å². The molecule has 1 amide bonds. The average Bonchev–Trinajstić information content (AvgIpc) is 3.02. The Kier molecular flexibility index (Phi) is 4.01. The number of aromatic amines is 1. The monoisotopic (exact) mass is 284 g/mol. The minimum Gasteiger partial charge on any atom is -0.347 e. The Morgan fingerprint density at radius 3 is 2.86 bits per heavy atom. The van der Waals surface area contributed by atoms with Gasteiger partial charge in [0.05, 0.1) is 6.42 Å². The van der Waals surface area contributed by atoms with Crippen LogP contribution in [0.2, 0.25) is 0 Å². The summed E-state index contributed by atoms with van der Waals surface area (Å²) in [4.78, 5) is 24.3. The fourth-order valence-corrected chi connectivity index (χ4v) is 2.78. The van der Waals surface area contributed by atoms with Crippen LogP contribution in [0.5, 0.6) is 0 Å². The molecule has 21 heavy (non-hydrogen) atoms. The van der Waals surface area contributed by atoms with E-state index in [0.29, 0.717) is 6.42 Å². The lowest BCUT2D eigenvalue weighted by Crippen LogP contribution is -2.50. The molecule has 1 aromatic carbocycles. The predicted molar refractivity (Wildman–Crippen MR) is 80.7 cm³/mol. The topological polar surface area (TPSA) is 52.2 Å². The van der Waals surface area contributed by atoms with E-state index >= 15 is 0 Å². The van der Waals surface area contributed by atoms with Crippen LogP contribution < -0.4 is 0 Å². The smallest absolute Gasteiger partial charge is 0.227 e. The number of aromatic nitrogens is 2. The number of benzene rings is 1. The lowest BCUT2D eigenvalue weighted by atomic mass is 10.1. The van der Waals surface area contributed by atoms with Crippen molar-refractivity contribution in [2.75, 3.05) is 26.7 Å². The highest BCUT2D eigenvalue weighted by molar-refractivity contribution is 5.79. The fraction of sp³-hybridized carbons (Fsp3) is 0.375.